The summed E-state index contributed by atoms with van der Waals surface area (Å²) in [7, 11) is 3.29. The first-order valence-electron chi connectivity index (χ1n) is 7.41. The van der Waals surface area contributed by atoms with Gasteiger partial charge in [0.1, 0.15) is 6.04 Å². The summed E-state index contributed by atoms with van der Waals surface area (Å²) >= 11 is 0. The number of nitrogens with one attached hydrogen (secondary N) is 1. The fourth-order valence-corrected chi connectivity index (χ4v) is 2.12. The van der Waals surface area contributed by atoms with Crippen LogP contribution in [-0.4, -0.2) is 51.2 Å². The van der Waals surface area contributed by atoms with Gasteiger partial charge >= 0.3 is 17.9 Å². The van der Waals surface area contributed by atoms with Crippen molar-refractivity contribution in [3.05, 3.63) is 35.4 Å². The Kier molecular flexibility index (Phi) is 7.76. The smallest absolute Gasteiger partial charge is 0.329 e. The SMILES string of the molecule is COC(=O)C[C@@H](C(=O)OC)[C@@H](NC(=O)c1ccc(C#N)cc1)C(=O)OC. The van der Waals surface area contributed by atoms with E-state index in [9.17, 15) is 19.2 Å². The molecule has 1 amide bonds. The molecule has 9 nitrogen and oxygen atoms in total. The zero-order valence-electron chi connectivity index (χ0n) is 14.5. The van der Waals surface area contributed by atoms with Crippen molar-refractivity contribution in [3.63, 3.8) is 0 Å². The van der Waals surface area contributed by atoms with Crippen LogP contribution in [0.3, 0.4) is 0 Å². The quantitative estimate of drug-likeness (QED) is 0.537. The van der Waals surface area contributed by atoms with Gasteiger partial charge < -0.3 is 19.5 Å². The summed E-state index contributed by atoms with van der Waals surface area (Å²) in [4.78, 5) is 48.0. The molecule has 1 aromatic rings. The zero-order chi connectivity index (χ0) is 19.7. The minimum atomic E-state index is -1.46. The molecule has 0 aliphatic rings. The van der Waals surface area contributed by atoms with E-state index in [-0.39, 0.29) is 5.56 Å². The molecule has 0 aliphatic carbocycles. The van der Waals surface area contributed by atoms with Crippen LogP contribution in [-0.2, 0) is 28.6 Å². The van der Waals surface area contributed by atoms with Gasteiger partial charge in [0.25, 0.3) is 5.91 Å². The monoisotopic (exact) mass is 362 g/mol. The molecular formula is C17H18N2O7. The number of carbonyl (C=O) groups is 4. The van der Waals surface area contributed by atoms with E-state index in [0.29, 0.717) is 5.56 Å². The molecule has 0 fully saturated rings. The number of benzene rings is 1. The summed E-state index contributed by atoms with van der Waals surface area (Å²) < 4.78 is 13.7. The van der Waals surface area contributed by atoms with E-state index < -0.39 is 42.2 Å². The summed E-state index contributed by atoms with van der Waals surface area (Å²) in [5.41, 5.74) is 0.504. The third-order valence-electron chi connectivity index (χ3n) is 3.54. The number of nitrogens with zero attached hydrogens (tertiary/aromatic N) is 1. The number of amides is 1. The number of rotatable bonds is 7. The van der Waals surface area contributed by atoms with Gasteiger partial charge in [0.05, 0.1) is 45.3 Å². The normalized spacial score (nSPS) is 12.1. The Morgan fingerprint density at radius 1 is 1.00 bits per heavy atom. The molecule has 2 atom stereocenters. The summed E-state index contributed by atoms with van der Waals surface area (Å²) in [6, 6.07) is 6.07. The minimum Gasteiger partial charge on any atom is -0.469 e. The van der Waals surface area contributed by atoms with E-state index in [0.717, 1.165) is 21.3 Å². The molecule has 1 rings (SSSR count). The van der Waals surface area contributed by atoms with Gasteiger partial charge in [0, 0.05) is 5.56 Å². The van der Waals surface area contributed by atoms with Crippen LogP contribution in [0.5, 0.6) is 0 Å². The molecule has 0 heterocycles. The van der Waals surface area contributed by atoms with Crippen molar-refractivity contribution < 1.29 is 33.4 Å². The molecule has 1 aromatic carbocycles. The molecule has 0 unspecified atom stereocenters. The fraction of sp³-hybridized carbons (Fsp3) is 0.353. The number of hydrogen-bond acceptors (Lipinski definition) is 8. The van der Waals surface area contributed by atoms with E-state index in [1.54, 1.807) is 0 Å². The van der Waals surface area contributed by atoms with Crippen LogP contribution in [0.15, 0.2) is 24.3 Å². The number of hydrogen-bond donors (Lipinski definition) is 1. The summed E-state index contributed by atoms with van der Waals surface area (Å²) in [6.45, 7) is 0. The Morgan fingerprint density at radius 3 is 2.04 bits per heavy atom. The standard InChI is InChI=1S/C17H18N2O7/c1-24-13(20)8-12(16(22)25-2)14(17(23)26-3)19-15(21)11-6-4-10(9-18)5-7-11/h4-7,12,14H,8H2,1-3H3,(H,19,21)/t12-,14-/m1/s1. The Labute approximate surface area is 149 Å². The first kappa shape index (κ1) is 20.6. The van der Waals surface area contributed by atoms with E-state index in [4.69, 9.17) is 5.26 Å². The van der Waals surface area contributed by atoms with E-state index in [1.165, 1.54) is 24.3 Å². The van der Waals surface area contributed by atoms with Crippen LogP contribution in [0.25, 0.3) is 0 Å². The highest BCUT2D eigenvalue weighted by Gasteiger charge is 2.38. The lowest BCUT2D eigenvalue weighted by Gasteiger charge is -2.23. The maximum absolute atomic E-state index is 12.4. The summed E-state index contributed by atoms with van der Waals surface area (Å²) in [5.74, 6) is -4.59. The van der Waals surface area contributed by atoms with Crippen LogP contribution >= 0.6 is 0 Å². The Bertz CT molecular complexity index is 722. The molecule has 0 aromatic heterocycles. The maximum atomic E-state index is 12.4. The van der Waals surface area contributed by atoms with Crippen LogP contribution in [0.1, 0.15) is 22.3 Å². The van der Waals surface area contributed by atoms with Gasteiger partial charge in [-0.15, -0.1) is 0 Å². The summed E-state index contributed by atoms with van der Waals surface area (Å²) in [5, 5.41) is 11.1. The summed E-state index contributed by atoms with van der Waals surface area (Å²) in [6.07, 6.45) is -0.489. The number of carbonyl (C=O) groups excluding carboxylic acids is 4. The molecule has 0 radical (unpaired) electrons. The molecule has 9 heteroatoms. The lowest BCUT2D eigenvalue weighted by molar-refractivity contribution is -0.158. The van der Waals surface area contributed by atoms with Gasteiger partial charge in [-0.3, -0.25) is 14.4 Å². The topological polar surface area (TPSA) is 132 Å². The second-order valence-electron chi connectivity index (χ2n) is 5.07. The van der Waals surface area contributed by atoms with Crippen LogP contribution in [0.2, 0.25) is 0 Å². The highest BCUT2D eigenvalue weighted by molar-refractivity contribution is 5.98. The van der Waals surface area contributed by atoms with Gasteiger partial charge in [-0.2, -0.15) is 5.26 Å². The van der Waals surface area contributed by atoms with Crippen molar-refractivity contribution in [3.8, 4) is 6.07 Å². The van der Waals surface area contributed by atoms with Crippen molar-refractivity contribution in [1.29, 1.82) is 5.26 Å². The van der Waals surface area contributed by atoms with Crippen molar-refractivity contribution in [2.75, 3.05) is 21.3 Å². The van der Waals surface area contributed by atoms with Crippen LogP contribution in [0, 0.1) is 17.2 Å². The number of methoxy groups -OCH3 is 3. The van der Waals surface area contributed by atoms with Crippen LogP contribution < -0.4 is 5.32 Å². The number of esters is 3. The third kappa shape index (κ3) is 5.31. The van der Waals surface area contributed by atoms with Crippen LogP contribution in [0.4, 0.5) is 0 Å². The van der Waals surface area contributed by atoms with Crippen molar-refractivity contribution in [2.45, 2.75) is 12.5 Å². The predicted octanol–water partition coefficient (Wildman–Crippen LogP) is 0.182. The molecule has 0 saturated carbocycles. The minimum absolute atomic E-state index is 0.152. The zero-order valence-corrected chi connectivity index (χ0v) is 14.5. The molecule has 0 bridgehead atoms. The Morgan fingerprint density at radius 2 is 1.58 bits per heavy atom. The first-order valence-corrected chi connectivity index (χ1v) is 7.41. The lowest BCUT2D eigenvalue weighted by atomic mass is 9.95. The van der Waals surface area contributed by atoms with Gasteiger partial charge in [0.15, 0.2) is 0 Å². The third-order valence-corrected chi connectivity index (χ3v) is 3.54. The van der Waals surface area contributed by atoms with Gasteiger partial charge in [0.2, 0.25) is 0 Å². The maximum Gasteiger partial charge on any atom is 0.329 e. The van der Waals surface area contributed by atoms with Gasteiger partial charge in [-0.1, -0.05) is 0 Å². The predicted molar refractivity (Wildman–Crippen MR) is 86.6 cm³/mol. The Hall–Kier alpha value is -3.41. The highest BCUT2D eigenvalue weighted by Crippen LogP contribution is 2.15. The molecule has 0 saturated heterocycles. The molecule has 0 spiro atoms. The van der Waals surface area contributed by atoms with E-state index in [1.807, 2.05) is 6.07 Å². The molecular weight excluding hydrogens is 344 g/mol. The van der Waals surface area contributed by atoms with Crippen molar-refractivity contribution in [1.82, 2.24) is 5.32 Å². The molecule has 1 N–H and O–H groups in total. The number of ether oxygens (including phenoxy) is 3. The largest absolute Gasteiger partial charge is 0.469 e. The average Bonchev–Trinajstić information content (AvgIpc) is 2.68. The Balaban J connectivity index is 3.11. The second-order valence-corrected chi connectivity index (χ2v) is 5.07. The number of nitriles is 1. The van der Waals surface area contributed by atoms with Gasteiger partial charge in [-0.05, 0) is 24.3 Å². The average molecular weight is 362 g/mol. The van der Waals surface area contributed by atoms with Crippen molar-refractivity contribution >= 4 is 23.8 Å². The lowest BCUT2D eigenvalue weighted by Crippen LogP contribution is -2.50. The highest BCUT2D eigenvalue weighted by atomic mass is 16.5. The first-order chi connectivity index (χ1) is 12.4. The molecule has 0 aliphatic heterocycles. The van der Waals surface area contributed by atoms with E-state index in [2.05, 4.69) is 19.5 Å². The van der Waals surface area contributed by atoms with Crippen molar-refractivity contribution in [2.24, 2.45) is 5.92 Å². The fourth-order valence-electron chi connectivity index (χ4n) is 2.12. The molecule has 26 heavy (non-hydrogen) atoms. The van der Waals surface area contributed by atoms with E-state index >= 15 is 0 Å². The molecule has 138 valence electrons. The van der Waals surface area contributed by atoms with Gasteiger partial charge in [-0.25, -0.2) is 4.79 Å². The second kappa shape index (κ2) is 9.78.